The normalized spacial score (nSPS) is 22.1. The summed E-state index contributed by atoms with van der Waals surface area (Å²) in [5.41, 5.74) is 0. The van der Waals surface area contributed by atoms with Gasteiger partial charge in [-0.2, -0.15) is 13.2 Å². The first-order valence-electron chi connectivity index (χ1n) is 5.82. The van der Waals surface area contributed by atoms with E-state index in [1.807, 2.05) is 0 Å². The smallest absolute Gasteiger partial charge is 0.295 e. The molecule has 1 fully saturated rings. The van der Waals surface area contributed by atoms with E-state index < -0.39 is 12.1 Å². The molecule has 1 atom stereocenters. The first-order chi connectivity index (χ1) is 8.47. The maximum Gasteiger partial charge on any atom is 0.393 e. The number of hydrogen-bond donors (Lipinski definition) is 0. The van der Waals surface area contributed by atoms with Gasteiger partial charge in [0, 0.05) is 6.54 Å². The molecule has 0 N–H and O–H groups in total. The van der Waals surface area contributed by atoms with Crippen LogP contribution in [0.15, 0.2) is 17.5 Å². The van der Waals surface area contributed by atoms with Crippen LogP contribution in [0.2, 0.25) is 0 Å². The Morgan fingerprint density at radius 1 is 1.50 bits per heavy atom. The molecule has 2 rings (SSSR count). The average molecular weight is 277 g/mol. The van der Waals surface area contributed by atoms with E-state index in [1.165, 1.54) is 11.3 Å². The number of alkyl halides is 3. The number of carbonyl (C=O) groups is 1. The Kier molecular flexibility index (Phi) is 4.07. The molecule has 0 bridgehead atoms. The fourth-order valence-corrected chi connectivity index (χ4v) is 2.84. The van der Waals surface area contributed by atoms with E-state index in [-0.39, 0.29) is 25.3 Å². The van der Waals surface area contributed by atoms with Gasteiger partial charge in [-0.25, -0.2) is 0 Å². The molecule has 6 heteroatoms. The van der Waals surface area contributed by atoms with Crippen molar-refractivity contribution in [1.82, 2.24) is 4.90 Å². The summed E-state index contributed by atoms with van der Waals surface area (Å²) in [7, 11) is 0. The number of hydrogen-bond acceptors (Lipinski definition) is 3. The molecule has 0 amide bonds. The minimum absolute atomic E-state index is 0.0549. The summed E-state index contributed by atoms with van der Waals surface area (Å²) in [6.45, 7) is 0.609. The first-order valence-corrected chi connectivity index (χ1v) is 6.70. The van der Waals surface area contributed by atoms with Crippen LogP contribution in [-0.4, -0.2) is 36.5 Å². The number of nitrogens with zero attached hydrogens (tertiary/aromatic N) is 1. The van der Waals surface area contributed by atoms with Crippen LogP contribution < -0.4 is 0 Å². The van der Waals surface area contributed by atoms with Crippen molar-refractivity contribution in [2.75, 3.05) is 19.6 Å². The molecule has 1 aromatic rings. The lowest BCUT2D eigenvalue weighted by Gasteiger charge is -2.33. The molecule has 1 aromatic heterocycles. The molecule has 1 saturated heterocycles. The predicted molar refractivity (Wildman–Crippen MR) is 63.9 cm³/mol. The molecule has 18 heavy (non-hydrogen) atoms. The van der Waals surface area contributed by atoms with Gasteiger partial charge < -0.3 is 0 Å². The van der Waals surface area contributed by atoms with Crippen molar-refractivity contribution in [1.29, 1.82) is 0 Å². The molecule has 0 radical (unpaired) electrons. The second-order valence-corrected chi connectivity index (χ2v) is 5.46. The van der Waals surface area contributed by atoms with E-state index in [0.717, 1.165) is 0 Å². The summed E-state index contributed by atoms with van der Waals surface area (Å²) in [5, 5.41) is 1.79. The van der Waals surface area contributed by atoms with Gasteiger partial charge in [-0.05, 0) is 30.8 Å². The summed E-state index contributed by atoms with van der Waals surface area (Å²) >= 11 is 1.33. The summed E-state index contributed by atoms with van der Waals surface area (Å²) in [4.78, 5) is 14.0. The zero-order valence-electron chi connectivity index (χ0n) is 9.74. The van der Waals surface area contributed by atoms with E-state index in [0.29, 0.717) is 17.8 Å². The Morgan fingerprint density at radius 2 is 2.28 bits per heavy atom. The van der Waals surface area contributed by atoms with Crippen LogP contribution >= 0.6 is 11.3 Å². The molecule has 100 valence electrons. The maximum atomic E-state index is 12.6. The highest BCUT2D eigenvalue weighted by molar-refractivity contribution is 7.12. The zero-order chi connectivity index (χ0) is 13.2. The highest BCUT2D eigenvalue weighted by atomic mass is 32.1. The van der Waals surface area contributed by atoms with Gasteiger partial charge in [-0.1, -0.05) is 6.07 Å². The lowest BCUT2D eigenvalue weighted by atomic mass is 9.97. The largest absolute Gasteiger partial charge is 0.393 e. The van der Waals surface area contributed by atoms with Crippen molar-refractivity contribution < 1.29 is 18.0 Å². The minimum atomic E-state index is -4.15. The minimum Gasteiger partial charge on any atom is -0.295 e. The van der Waals surface area contributed by atoms with Crippen molar-refractivity contribution in [2.24, 2.45) is 5.92 Å². The lowest BCUT2D eigenvalue weighted by molar-refractivity contribution is -0.186. The number of carbonyl (C=O) groups excluding carboxylic acids is 1. The fraction of sp³-hybridized carbons (Fsp3) is 0.583. The Labute approximate surface area is 107 Å². The maximum absolute atomic E-state index is 12.6. The third kappa shape index (κ3) is 3.32. The summed E-state index contributed by atoms with van der Waals surface area (Å²) in [5.74, 6) is -1.38. The monoisotopic (exact) mass is 277 g/mol. The van der Waals surface area contributed by atoms with Gasteiger partial charge >= 0.3 is 6.18 Å². The van der Waals surface area contributed by atoms with E-state index in [1.54, 1.807) is 22.4 Å². The molecule has 1 unspecified atom stereocenters. The first kappa shape index (κ1) is 13.5. The number of rotatable bonds is 3. The van der Waals surface area contributed by atoms with Gasteiger partial charge in [0.15, 0.2) is 5.78 Å². The van der Waals surface area contributed by atoms with Crippen molar-refractivity contribution in [3.63, 3.8) is 0 Å². The van der Waals surface area contributed by atoms with Gasteiger partial charge in [-0.15, -0.1) is 11.3 Å². The molecule has 0 spiro atoms. The van der Waals surface area contributed by atoms with Gasteiger partial charge in [-0.3, -0.25) is 9.69 Å². The average Bonchev–Trinajstić information content (AvgIpc) is 2.81. The second-order valence-electron chi connectivity index (χ2n) is 4.52. The van der Waals surface area contributed by atoms with Gasteiger partial charge in [0.1, 0.15) is 0 Å². The molecule has 2 heterocycles. The molecular formula is C12H14F3NOS. The Balaban J connectivity index is 1.92. The number of Topliss-reactive ketones (excluding diaryl/α,β-unsaturated/α-hetero) is 1. The van der Waals surface area contributed by atoms with Gasteiger partial charge in [0.25, 0.3) is 0 Å². The number of ketones is 1. The predicted octanol–water partition coefficient (Wildman–Crippen LogP) is 3.21. The number of thiophene rings is 1. The topological polar surface area (TPSA) is 20.3 Å². The van der Waals surface area contributed by atoms with E-state index in [2.05, 4.69) is 0 Å². The molecule has 0 aromatic carbocycles. The second kappa shape index (κ2) is 5.40. The number of likely N-dealkylation sites (tertiary alicyclic amines) is 1. The Bertz CT molecular complexity index is 402. The molecule has 2 nitrogen and oxygen atoms in total. The van der Waals surface area contributed by atoms with Crippen LogP contribution in [0.4, 0.5) is 13.2 Å². The zero-order valence-corrected chi connectivity index (χ0v) is 10.6. The number of halogens is 3. The molecule has 0 saturated carbocycles. The van der Waals surface area contributed by atoms with Crippen LogP contribution in [-0.2, 0) is 0 Å². The van der Waals surface area contributed by atoms with Crippen LogP contribution in [0.1, 0.15) is 22.5 Å². The van der Waals surface area contributed by atoms with Crippen molar-refractivity contribution in [3.05, 3.63) is 22.4 Å². The summed E-state index contributed by atoms with van der Waals surface area (Å²) in [6.07, 6.45) is -3.47. The standard InChI is InChI=1S/C12H14F3NOS/c13-12(14,15)9-3-1-5-16(7-9)8-10(17)11-4-2-6-18-11/h2,4,6,9H,1,3,5,7-8H2. The van der Waals surface area contributed by atoms with Crippen molar-refractivity contribution in [2.45, 2.75) is 19.0 Å². The molecule has 1 aliphatic rings. The van der Waals surface area contributed by atoms with E-state index >= 15 is 0 Å². The van der Waals surface area contributed by atoms with E-state index in [4.69, 9.17) is 0 Å². The third-order valence-electron chi connectivity index (χ3n) is 3.13. The Hall–Kier alpha value is -0.880. The summed E-state index contributed by atoms with van der Waals surface area (Å²) in [6, 6.07) is 3.48. The van der Waals surface area contributed by atoms with Crippen LogP contribution in [0.3, 0.4) is 0 Å². The Morgan fingerprint density at radius 3 is 2.89 bits per heavy atom. The molecule has 0 aliphatic carbocycles. The van der Waals surface area contributed by atoms with Crippen molar-refractivity contribution in [3.8, 4) is 0 Å². The van der Waals surface area contributed by atoms with Crippen LogP contribution in [0.5, 0.6) is 0 Å². The van der Waals surface area contributed by atoms with Crippen LogP contribution in [0.25, 0.3) is 0 Å². The van der Waals surface area contributed by atoms with Crippen LogP contribution in [0, 0.1) is 5.92 Å². The van der Waals surface area contributed by atoms with E-state index in [9.17, 15) is 18.0 Å². The highest BCUT2D eigenvalue weighted by Gasteiger charge is 2.41. The fourth-order valence-electron chi connectivity index (χ4n) is 2.18. The highest BCUT2D eigenvalue weighted by Crippen LogP contribution is 2.33. The van der Waals surface area contributed by atoms with Crippen molar-refractivity contribution >= 4 is 17.1 Å². The lowest BCUT2D eigenvalue weighted by Crippen LogP contribution is -2.43. The SMILES string of the molecule is O=C(CN1CCCC(C(F)(F)F)C1)c1cccs1. The summed E-state index contributed by atoms with van der Waals surface area (Å²) < 4.78 is 37.8. The quantitative estimate of drug-likeness (QED) is 0.791. The number of piperidine rings is 1. The van der Waals surface area contributed by atoms with Gasteiger partial charge in [0.05, 0.1) is 17.3 Å². The third-order valence-corrected chi connectivity index (χ3v) is 4.04. The molecular weight excluding hydrogens is 263 g/mol. The molecule has 1 aliphatic heterocycles. The van der Waals surface area contributed by atoms with Gasteiger partial charge in [0.2, 0.25) is 0 Å².